The van der Waals surface area contributed by atoms with Crippen LogP contribution in [0.2, 0.25) is 0 Å². The molecule has 2 nitrogen and oxygen atoms in total. The quantitative estimate of drug-likeness (QED) is 0.874. The molecule has 2 heteroatoms. The molecule has 1 aromatic heterocycles. The van der Waals surface area contributed by atoms with Gasteiger partial charge in [0.2, 0.25) is 0 Å². The summed E-state index contributed by atoms with van der Waals surface area (Å²) in [6, 6.07) is 8.68. The summed E-state index contributed by atoms with van der Waals surface area (Å²) in [5.74, 6) is 0. The number of nitrogens with two attached hydrogens (primary N) is 1. The molecule has 18 heavy (non-hydrogen) atoms. The second-order valence-electron chi connectivity index (χ2n) is 5.57. The van der Waals surface area contributed by atoms with Gasteiger partial charge in [0, 0.05) is 23.5 Å². The van der Waals surface area contributed by atoms with Crippen LogP contribution in [0.4, 0.5) is 0 Å². The number of rotatable bonds is 2. The molecule has 0 amide bonds. The minimum Gasteiger partial charge on any atom is -0.330 e. The first kappa shape index (κ1) is 11.7. The van der Waals surface area contributed by atoms with Crippen LogP contribution < -0.4 is 5.73 Å². The van der Waals surface area contributed by atoms with Gasteiger partial charge >= 0.3 is 0 Å². The highest BCUT2D eigenvalue weighted by Crippen LogP contribution is 2.42. The van der Waals surface area contributed by atoms with Crippen molar-refractivity contribution < 1.29 is 0 Å². The van der Waals surface area contributed by atoms with Crippen molar-refractivity contribution in [3.05, 3.63) is 41.6 Å². The topological polar surface area (TPSA) is 38.9 Å². The van der Waals surface area contributed by atoms with Crippen molar-refractivity contribution in [3.8, 4) is 0 Å². The van der Waals surface area contributed by atoms with Gasteiger partial charge in [0.05, 0.1) is 5.52 Å². The summed E-state index contributed by atoms with van der Waals surface area (Å²) < 4.78 is 0. The Labute approximate surface area is 108 Å². The predicted molar refractivity (Wildman–Crippen MR) is 75.7 cm³/mol. The molecule has 1 aliphatic carbocycles. The molecule has 2 N–H and O–H groups in total. The first-order valence-electron chi connectivity index (χ1n) is 6.81. The van der Waals surface area contributed by atoms with Crippen molar-refractivity contribution in [3.63, 3.8) is 0 Å². The van der Waals surface area contributed by atoms with E-state index in [-0.39, 0.29) is 5.41 Å². The molecular formula is C16H20N2. The lowest BCUT2D eigenvalue weighted by molar-refractivity contribution is 0.456. The van der Waals surface area contributed by atoms with Gasteiger partial charge in [-0.25, -0.2) is 0 Å². The standard InChI is InChI=1S/C16H20N2/c1-12-4-5-15-13(10-12)14(6-9-18-15)16(11-17)7-2-3-8-16/h4-6,9-10H,2-3,7-8,11,17H2,1H3. The molecule has 2 aromatic rings. The third kappa shape index (κ3) is 1.72. The number of pyridine rings is 1. The minimum absolute atomic E-state index is 0.189. The molecule has 0 radical (unpaired) electrons. The van der Waals surface area contributed by atoms with Gasteiger partial charge < -0.3 is 5.73 Å². The van der Waals surface area contributed by atoms with E-state index in [1.54, 1.807) is 0 Å². The summed E-state index contributed by atoms with van der Waals surface area (Å²) in [6.07, 6.45) is 6.97. The van der Waals surface area contributed by atoms with Gasteiger partial charge in [0.25, 0.3) is 0 Å². The van der Waals surface area contributed by atoms with Gasteiger partial charge in [0.15, 0.2) is 0 Å². The number of hydrogen-bond acceptors (Lipinski definition) is 2. The lowest BCUT2D eigenvalue weighted by atomic mass is 9.77. The summed E-state index contributed by atoms with van der Waals surface area (Å²) >= 11 is 0. The van der Waals surface area contributed by atoms with E-state index in [0.717, 1.165) is 12.1 Å². The van der Waals surface area contributed by atoms with Crippen molar-refractivity contribution in [2.45, 2.75) is 38.0 Å². The Kier molecular flexibility index (Phi) is 2.83. The maximum atomic E-state index is 6.11. The normalized spacial score (nSPS) is 18.3. The summed E-state index contributed by atoms with van der Waals surface area (Å²) in [6.45, 7) is 2.89. The summed E-state index contributed by atoms with van der Waals surface area (Å²) in [5.41, 5.74) is 10.1. The van der Waals surface area contributed by atoms with Crippen molar-refractivity contribution >= 4 is 10.9 Å². The predicted octanol–water partition coefficient (Wildman–Crippen LogP) is 3.31. The molecule has 1 fully saturated rings. The molecule has 1 aromatic carbocycles. The maximum absolute atomic E-state index is 6.11. The first-order chi connectivity index (χ1) is 8.75. The lowest BCUT2D eigenvalue weighted by Gasteiger charge is -2.29. The third-order valence-corrected chi connectivity index (χ3v) is 4.42. The summed E-state index contributed by atoms with van der Waals surface area (Å²) in [4.78, 5) is 4.48. The SMILES string of the molecule is Cc1ccc2nccc(C3(CN)CCCC3)c2c1. The number of nitrogens with zero attached hydrogens (tertiary/aromatic N) is 1. The molecule has 0 spiro atoms. The van der Waals surface area contributed by atoms with Gasteiger partial charge in [-0.05, 0) is 43.5 Å². The molecule has 0 unspecified atom stereocenters. The Bertz CT molecular complexity index is 568. The molecule has 1 heterocycles. The summed E-state index contributed by atoms with van der Waals surface area (Å²) in [5, 5.41) is 1.30. The minimum atomic E-state index is 0.189. The first-order valence-corrected chi connectivity index (χ1v) is 6.81. The Hall–Kier alpha value is -1.41. The number of aryl methyl sites for hydroxylation is 1. The van der Waals surface area contributed by atoms with Crippen LogP contribution in [-0.2, 0) is 5.41 Å². The fourth-order valence-electron chi connectivity index (χ4n) is 3.36. The van der Waals surface area contributed by atoms with Crippen LogP contribution in [0.3, 0.4) is 0 Å². The molecule has 94 valence electrons. The largest absolute Gasteiger partial charge is 0.330 e. The zero-order chi connectivity index (χ0) is 12.6. The Balaban J connectivity index is 2.24. The van der Waals surface area contributed by atoms with Gasteiger partial charge in [-0.15, -0.1) is 0 Å². The van der Waals surface area contributed by atoms with Crippen LogP contribution in [0.15, 0.2) is 30.5 Å². The average Bonchev–Trinajstić information content (AvgIpc) is 2.88. The number of hydrogen-bond donors (Lipinski definition) is 1. The molecule has 0 aliphatic heterocycles. The number of aromatic nitrogens is 1. The number of benzene rings is 1. The highest BCUT2D eigenvalue weighted by atomic mass is 14.7. The highest BCUT2D eigenvalue weighted by Gasteiger charge is 2.35. The van der Waals surface area contributed by atoms with Gasteiger partial charge in [-0.3, -0.25) is 4.98 Å². The van der Waals surface area contributed by atoms with E-state index in [2.05, 4.69) is 36.2 Å². The summed E-state index contributed by atoms with van der Waals surface area (Å²) in [7, 11) is 0. The van der Waals surface area contributed by atoms with E-state index < -0.39 is 0 Å². The molecule has 0 saturated heterocycles. The van der Waals surface area contributed by atoms with Crippen molar-refractivity contribution in [2.24, 2.45) is 5.73 Å². The van der Waals surface area contributed by atoms with E-state index >= 15 is 0 Å². The van der Waals surface area contributed by atoms with Crippen LogP contribution in [0.5, 0.6) is 0 Å². The van der Waals surface area contributed by atoms with E-state index in [1.165, 1.54) is 42.2 Å². The zero-order valence-corrected chi connectivity index (χ0v) is 10.9. The van der Waals surface area contributed by atoms with E-state index in [9.17, 15) is 0 Å². The van der Waals surface area contributed by atoms with Crippen molar-refractivity contribution in [1.29, 1.82) is 0 Å². The van der Waals surface area contributed by atoms with Crippen molar-refractivity contribution in [2.75, 3.05) is 6.54 Å². The van der Waals surface area contributed by atoms with Crippen LogP contribution in [-0.4, -0.2) is 11.5 Å². The highest BCUT2D eigenvalue weighted by molar-refractivity contribution is 5.84. The van der Waals surface area contributed by atoms with Crippen LogP contribution in [0.25, 0.3) is 10.9 Å². The lowest BCUT2D eigenvalue weighted by Crippen LogP contribution is -2.32. The van der Waals surface area contributed by atoms with Crippen LogP contribution in [0.1, 0.15) is 36.8 Å². The molecule has 3 rings (SSSR count). The van der Waals surface area contributed by atoms with Gasteiger partial charge in [-0.2, -0.15) is 0 Å². The van der Waals surface area contributed by atoms with Crippen LogP contribution >= 0.6 is 0 Å². The van der Waals surface area contributed by atoms with Crippen LogP contribution in [0, 0.1) is 6.92 Å². The Morgan fingerprint density at radius 2 is 2.00 bits per heavy atom. The van der Waals surface area contributed by atoms with E-state index in [4.69, 9.17) is 5.73 Å². The van der Waals surface area contributed by atoms with Gasteiger partial charge in [0.1, 0.15) is 0 Å². The smallest absolute Gasteiger partial charge is 0.0705 e. The fraction of sp³-hybridized carbons (Fsp3) is 0.438. The molecule has 1 saturated carbocycles. The second-order valence-corrected chi connectivity index (χ2v) is 5.57. The number of fused-ring (bicyclic) bond motifs is 1. The van der Waals surface area contributed by atoms with Gasteiger partial charge in [-0.1, -0.05) is 24.5 Å². The maximum Gasteiger partial charge on any atom is 0.0705 e. The zero-order valence-electron chi connectivity index (χ0n) is 10.9. The fourth-order valence-corrected chi connectivity index (χ4v) is 3.36. The Morgan fingerprint density at radius 1 is 1.22 bits per heavy atom. The molecule has 0 bridgehead atoms. The average molecular weight is 240 g/mol. The third-order valence-electron chi connectivity index (χ3n) is 4.42. The van der Waals surface area contributed by atoms with E-state index in [0.29, 0.717) is 0 Å². The molecule has 0 atom stereocenters. The second kappa shape index (κ2) is 4.36. The molecular weight excluding hydrogens is 220 g/mol. The Morgan fingerprint density at radius 3 is 2.72 bits per heavy atom. The molecule has 1 aliphatic rings. The van der Waals surface area contributed by atoms with Crippen molar-refractivity contribution in [1.82, 2.24) is 4.98 Å². The monoisotopic (exact) mass is 240 g/mol. The van der Waals surface area contributed by atoms with E-state index in [1.807, 2.05) is 6.20 Å².